The molecule has 0 rings (SSSR count). The van der Waals surface area contributed by atoms with Crippen LogP contribution in [0.4, 0.5) is 0 Å². The molecule has 1 N–H and O–H groups in total. The van der Waals surface area contributed by atoms with Gasteiger partial charge in [-0.05, 0) is 20.8 Å². The van der Waals surface area contributed by atoms with Crippen molar-refractivity contribution < 1.29 is 14.7 Å². The molecule has 0 aliphatic carbocycles. The summed E-state index contributed by atoms with van der Waals surface area (Å²) in [6.45, 7) is 7.76. The predicted octanol–water partition coefficient (Wildman–Crippen LogP) is 1.52. The van der Waals surface area contributed by atoms with E-state index in [0.29, 0.717) is 12.1 Å². The molecule has 0 unspecified atom stereocenters. The van der Waals surface area contributed by atoms with Crippen LogP contribution >= 0.6 is 0 Å². The third-order valence-corrected chi connectivity index (χ3v) is 2.36. The van der Waals surface area contributed by atoms with Crippen LogP contribution in [0.3, 0.4) is 0 Å². The first-order valence-electron chi connectivity index (χ1n) is 5.09. The van der Waals surface area contributed by atoms with Gasteiger partial charge in [-0.1, -0.05) is 13.0 Å². The molecule has 86 valence electrons. The van der Waals surface area contributed by atoms with E-state index >= 15 is 0 Å². The zero-order valence-corrected chi connectivity index (χ0v) is 9.78. The van der Waals surface area contributed by atoms with Gasteiger partial charge in [-0.2, -0.15) is 0 Å². The van der Waals surface area contributed by atoms with Gasteiger partial charge >= 0.3 is 5.97 Å². The van der Waals surface area contributed by atoms with E-state index in [1.54, 1.807) is 31.7 Å². The summed E-state index contributed by atoms with van der Waals surface area (Å²) in [4.78, 5) is 23.9. The number of hydrogen-bond donors (Lipinski definition) is 1. The maximum absolute atomic E-state index is 11.7. The van der Waals surface area contributed by atoms with Crippen LogP contribution in [0.1, 0.15) is 27.7 Å². The van der Waals surface area contributed by atoms with Gasteiger partial charge in [0.2, 0.25) is 5.91 Å². The molecule has 4 heteroatoms. The second-order valence-electron chi connectivity index (χ2n) is 3.55. The molecule has 0 radical (unpaired) electrons. The summed E-state index contributed by atoms with van der Waals surface area (Å²) in [6.07, 6.45) is 1.73. The molecule has 0 heterocycles. The maximum Gasteiger partial charge on any atom is 0.308 e. The quantitative estimate of drug-likeness (QED) is 0.704. The van der Waals surface area contributed by atoms with Crippen LogP contribution in [-0.4, -0.2) is 35.0 Å². The van der Waals surface area contributed by atoms with Crippen molar-refractivity contribution in [1.29, 1.82) is 0 Å². The minimum atomic E-state index is -0.876. The number of likely N-dealkylation sites (N-methyl/N-ethyl adjacent to an activating group) is 1. The van der Waals surface area contributed by atoms with Gasteiger partial charge in [-0.25, -0.2) is 0 Å². The van der Waals surface area contributed by atoms with E-state index < -0.39 is 11.9 Å². The molecule has 0 fully saturated rings. The first-order valence-corrected chi connectivity index (χ1v) is 5.09. The van der Waals surface area contributed by atoms with Crippen molar-refractivity contribution in [2.45, 2.75) is 27.7 Å². The van der Waals surface area contributed by atoms with Crippen LogP contribution in [0, 0.1) is 5.92 Å². The van der Waals surface area contributed by atoms with Gasteiger partial charge < -0.3 is 10.0 Å². The molecule has 1 atom stereocenters. The van der Waals surface area contributed by atoms with Crippen LogP contribution in [-0.2, 0) is 9.59 Å². The van der Waals surface area contributed by atoms with E-state index in [4.69, 9.17) is 5.11 Å². The summed E-state index contributed by atoms with van der Waals surface area (Å²) in [7, 11) is 0. The summed E-state index contributed by atoms with van der Waals surface area (Å²) >= 11 is 0. The van der Waals surface area contributed by atoms with Crippen LogP contribution in [0.2, 0.25) is 0 Å². The number of aliphatic carboxylic acids is 1. The molecule has 0 aliphatic rings. The molecule has 0 saturated heterocycles. The fourth-order valence-electron chi connectivity index (χ4n) is 1.14. The van der Waals surface area contributed by atoms with Crippen molar-refractivity contribution in [2.24, 2.45) is 5.92 Å². The van der Waals surface area contributed by atoms with E-state index in [9.17, 15) is 9.59 Å². The molecule has 0 aromatic carbocycles. The van der Waals surface area contributed by atoms with Crippen molar-refractivity contribution in [2.75, 3.05) is 13.1 Å². The maximum atomic E-state index is 11.7. The molecule has 0 aromatic heterocycles. The highest BCUT2D eigenvalue weighted by atomic mass is 16.4. The summed E-state index contributed by atoms with van der Waals surface area (Å²) in [5.41, 5.74) is 0.648. The Bertz CT molecular complexity index is 271. The van der Waals surface area contributed by atoms with Crippen molar-refractivity contribution in [1.82, 2.24) is 4.90 Å². The molecule has 1 amide bonds. The Balaban J connectivity index is 4.51. The Morgan fingerprint density at radius 1 is 1.47 bits per heavy atom. The fraction of sp³-hybridized carbons (Fsp3) is 0.636. The molecular formula is C11H19NO3. The summed E-state index contributed by atoms with van der Waals surface area (Å²) in [6, 6.07) is 0. The number of hydrogen-bond acceptors (Lipinski definition) is 2. The lowest BCUT2D eigenvalue weighted by atomic mass is 10.1. The van der Waals surface area contributed by atoms with Crippen LogP contribution in [0.25, 0.3) is 0 Å². The minimum absolute atomic E-state index is 0.0897. The molecule has 0 saturated carbocycles. The molecule has 0 spiro atoms. The second-order valence-corrected chi connectivity index (χ2v) is 3.55. The topological polar surface area (TPSA) is 57.6 Å². The average Bonchev–Trinajstić information content (AvgIpc) is 2.23. The lowest BCUT2D eigenvalue weighted by Gasteiger charge is -2.23. The average molecular weight is 213 g/mol. The number of carbonyl (C=O) groups excluding carboxylic acids is 1. The molecule has 4 nitrogen and oxygen atoms in total. The summed E-state index contributed by atoms with van der Waals surface area (Å²) in [5.74, 6) is -1.49. The number of nitrogens with zero attached hydrogens (tertiary/aromatic N) is 1. The highest BCUT2D eigenvalue weighted by molar-refractivity contribution is 5.93. The van der Waals surface area contributed by atoms with Crippen molar-refractivity contribution >= 4 is 11.9 Å². The van der Waals surface area contributed by atoms with Gasteiger partial charge in [0.05, 0.1) is 5.92 Å². The van der Waals surface area contributed by atoms with E-state index in [1.807, 2.05) is 6.92 Å². The lowest BCUT2D eigenvalue weighted by Crippen LogP contribution is -2.37. The first kappa shape index (κ1) is 13.7. The largest absolute Gasteiger partial charge is 0.481 e. The first-order chi connectivity index (χ1) is 6.93. The van der Waals surface area contributed by atoms with E-state index in [2.05, 4.69) is 0 Å². The SMILES string of the molecule is C/C=C(/C)C(=O)N(CC)C[C@H](C)C(=O)O. The zero-order valence-electron chi connectivity index (χ0n) is 9.78. The Labute approximate surface area is 90.6 Å². The van der Waals surface area contributed by atoms with Gasteiger partial charge in [-0.3, -0.25) is 9.59 Å². The molecule has 0 aromatic rings. The zero-order chi connectivity index (χ0) is 12.0. The number of carboxylic acid groups (broad SMARTS) is 1. The van der Waals surface area contributed by atoms with E-state index in [1.165, 1.54) is 0 Å². The number of carbonyl (C=O) groups is 2. The highest BCUT2D eigenvalue weighted by Crippen LogP contribution is 2.05. The van der Waals surface area contributed by atoms with Gasteiger partial charge in [0.25, 0.3) is 0 Å². The third-order valence-electron chi connectivity index (χ3n) is 2.36. The Kier molecular flexibility index (Phi) is 5.67. The second kappa shape index (κ2) is 6.22. The third kappa shape index (κ3) is 4.14. The standard InChI is InChI=1S/C11H19NO3/c1-5-8(3)10(13)12(6-2)7-9(4)11(14)15/h5,9H,6-7H2,1-4H3,(H,14,15)/b8-5-/t9-/m0/s1. The van der Waals surface area contributed by atoms with Crippen molar-refractivity contribution in [3.63, 3.8) is 0 Å². The Hall–Kier alpha value is -1.32. The molecule has 0 aliphatic heterocycles. The molecule has 15 heavy (non-hydrogen) atoms. The van der Waals surface area contributed by atoms with Crippen LogP contribution < -0.4 is 0 Å². The van der Waals surface area contributed by atoms with Crippen molar-refractivity contribution in [3.8, 4) is 0 Å². The van der Waals surface area contributed by atoms with Gasteiger partial charge in [-0.15, -0.1) is 0 Å². The normalized spacial score (nSPS) is 13.5. The summed E-state index contributed by atoms with van der Waals surface area (Å²) in [5, 5.41) is 8.75. The van der Waals surface area contributed by atoms with Gasteiger partial charge in [0.15, 0.2) is 0 Å². The lowest BCUT2D eigenvalue weighted by molar-refractivity contribution is -0.142. The molecule has 0 bridgehead atoms. The van der Waals surface area contributed by atoms with Gasteiger partial charge in [0.1, 0.15) is 0 Å². The number of rotatable bonds is 5. The van der Waals surface area contributed by atoms with E-state index in [-0.39, 0.29) is 12.5 Å². The smallest absolute Gasteiger partial charge is 0.308 e. The minimum Gasteiger partial charge on any atom is -0.481 e. The van der Waals surface area contributed by atoms with Crippen LogP contribution in [0.15, 0.2) is 11.6 Å². The Morgan fingerprint density at radius 2 is 2.00 bits per heavy atom. The summed E-state index contributed by atoms with van der Waals surface area (Å²) < 4.78 is 0. The number of carboxylic acids is 1. The number of amides is 1. The van der Waals surface area contributed by atoms with Crippen LogP contribution in [0.5, 0.6) is 0 Å². The Morgan fingerprint density at radius 3 is 2.33 bits per heavy atom. The monoisotopic (exact) mass is 213 g/mol. The highest BCUT2D eigenvalue weighted by Gasteiger charge is 2.19. The fourth-order valence-corrected chi connectivity index (χ4v) is 1.14. The molecular weight excluding hydrogens is 194 g/mol. The number of allylic oxidation sites excluding steroid dienone is 1. The predicted molar refractivity (Wildman–Crippen MR) is 58.5 cm³/mol. The van der Waals surface area contributed by atoms with Gasteiger partial charge in [0, 0.05) is 18.7 Å². The van der Waals surface area contributed by atoms with E-state index in [0.717, 1.165) is 0 Å². The van der Waals surface area contributed by atoms with Crippen molar-refractivity contribution in [3.05, 3.63) is 11.6 Å².